The average Bonchev–Trinajstić information content (AvgIpc) is 2.49. The molecule has 16 heavy (non-hydrogen) atoms. The normalized spacial score (nSPS) is 11.3. The molecule has 0 saturated heterocycles. The molecule has 0 aliphatic rings. The number of nitrogens with zero attached hydrogens (tertiary/aromatic N) is 3. The lowest BCUT2D eigenvalue weighted by Gasteiger charge is -2.21. The van der Waals surface area contributed by atoms with E-state index < -0.39 is 0 Å². The second kappa shape index (κ2) is 6.12. The van der Waals surface area contributed by atoms with Crippen molar-refractivity contribution in [1.82, 2.24) is 14.5 Å². The molecule has 1 amide bonds. The van der Waals surface area contributed by atoms with Crippen LogP contribution in [0.4, 0.5) is 0 Å². The van der Waals surface area contributed by atoms with Gasteiger partial charge in [0.2, 0.25) is 5.91 Å². The van der Waals surface area contributed by atoms with E-state index >= 15 is 0 Å². The molecule has 0 unspecified atom stereocenters. The zero-order chi connectivity index (χ0) is 12.1. The van der Waals surface area contributed by atoms with Crippen LogP contribution in [-0.2, 0) is 11.3 Å². The van der Waals surface area contributed by atoms with Crippen molar-refractivity contribution in [3.63, 3.8) is 0 Å². The van der Waals surface area contributed by atoms with Crippen LogP contribution >= 0.6 is 23.1 Å². The highest BCUT2D eigenvalue weighted by Crippen LogP contribution is 2.19. The van der Waals surface area contributed by atoms with Crippen LogP contribution in [0.1, 0.15) is 19.5 Å². The fourth-order valence-corrected chi connectivity index (χ4v) is 2.04. The van der Waals surface area contributed by atoms with Gasteiger partial charge in [0.1, 0.15) is 10.0 Å². The molecule has 0 aliphatic heterocycles. The van der Waals surface area contributed by atoms with Gasteiger partial charge in [0.25, 0.3) is 0 Å². The SMILES string of the molecule is CC(C)CN(CC(N)=O)Cc1nnsc1Cl. The summed E-state index contributed by atoms with van der Waals surface area (Å²) in [7, 11) is 0. The Morgan fingerprint density at radius 3 is 2.75 bits per heavy atom. The van der Waals surface area contributed by atoms with Crippen LogP contribution in [0.25, 0.3) is 0 Å². The summed E-state index contributed by atoms with van der Waals surface area (Å²) in [4.78, 5) is 12.8. The maximum Gasteiger partial charge on any atom is 0.231 e. The number of rotatable bonds is 6. The molecule has 0 atom stereocenters. The number of halogens is 1. The molecule has 0 bridgehead atoms. The number of primary amides is 1. The summed E-state index contributed by atoms with van der Waals surface area (Å²) < 4.78 is 4.32. The lowest BCUT2D eigenvalue weighted by Crippen LogP contribution is -2.35. The maximum atomic E-state index is 10.9. The Balaban J connectivity index is 2.62. The zero-order valence-electron chi connectivity index (χ0n) is 9.31. The molecular weight excluding hydrogens is 248 g/mol. The molecule has 90 valence electrons. The Bertz CT molecular complexity index is 355. The van der Waals surface area contributed by atoms with Crippen LogP contribution in [0.3, 0.4) is 0 Å². The van der Waals surface area contributed by atoms with E-state index in [4.69, 9.17) is 17.3 Å². The van der Waals surface area contributed by atoms with Crippen molar-refractivity contribution < 1.29 is 4.79 Å². The van der Waals surface area contributed by atoms with Crippen LogP contribution < -0.4 is 5.73 Å². The van der Waals surface area contributed by atoms with Gasteiger partial charge in [0.15, 0.2) is 0 Å². The molecule has 1 aromatic heterocycles. The van der Waals surface area contributed by atoms with E-state index in [2.05, 4.69) is 23.4 Å². The predicted molar refractivity (Wildman–Crippen MR) is 64.2 cm³/mol. The summed E-state index contributed by atoms with van der Waals surface area (Å²) in [5.74, 6) is 0.102. The van der Waals surface area contributed by atoms with E-state index in [0.717, 1.165) is 18.1 Å². The van der Waals surface area contributed by atoms with Crippen LogP contribution in [0, 0.1) is 5.92 Å². The second-order valence-electron chi connectivity index (χ2n) is 4.02. The molecule has 7 heteroatoms. The van der Waals surface area contributed by atoms with Crippen molar-refractivity contribution in [1.29, 1.82) is 0 Å². The molecule has 0 saturated carbocycles. The van der Waals surface area contributed by atoms with E-state index in [1.807, 2.05) is 4.90 Å². The van der Waals surface area contributed by atoms with Crippen molar-refractivity contribution >= 4 is 29.0 Å². The van der Waals surface area contributed by atoms with Gasteiger partial charge < -0.3 is 5.73 Å². The zero-order valence-corrected chi connectivity index (χ0v) is 10.9. The largest absolute Gasteiger partial charge is 0.369 e. The smallest absolute Gasteiger partial charge is 0.231 e. The third-order valence-corrected chi connectivity index (χ3v) is 2.87. The minimum Gasteiger partial charge on any atom is -0.369 e. The van der Waals surface area contributed by atoms with Gasteiger partial charge >= 0.3 is 0 Å². The fraction of sp³-hybridized carbons (Fsp3) is 0.667. The number of hydrogen-bond donors (Lipinski definition) is 1. The maximum absolute atomic E-state index is 10.9. The Kier molecular flexibility index (Phi) is 5.11. The van der Waals surface area contributed by atoms with E-state index in [1.165, 1.54) is 0 Å². The summed E-state index contributed by atoms with van der Waals surface area (Å²) in [6.45, 7) is 5.66. The molecule has 0 spiro atoms. The average molecular weight is 263 g/mol. The summed E-state index contributed by atoms with van der Waals surface area (Å²) in [6, 6.07) is 0. The number of nitrogens with two attached hydrogens (primary N) is 1. The third-order valence-electron chi connectivity index (χ3n) is 1.89. The van der Waals surface area contributed by atoms with Gasteiger partial charge in [-0.2, -0.15) is 0 Å². The van der Waals surface area contributed by atoms with Gasteiger partial charge in [-0.3, -0.25) is 9.69 Å². The number of aromatic nitrogens is 2. The fourth-order valence-electron chi connectivity index (χ4n) is 1.42. The highest BCUT2D eigenvalue weighted by Gasteiger charge is 2.14. The van der Waals surface area contributed by atoms with Gasteiger partial charge in [-0.25, -0.2) is 0 Å². The molecule has 0 aromatic carbocycles. The molecule has 1 aromatic rings. The van der Waals surface area contributed by atoms with Crippen LogP contribution in [0.15, 0.2) is 0 Å². The first kappa shape index (κ1) is 13.3. The molecule has 0 aliphatic carbocycles. The summed E-state index contributed by atoms with van der Waals surface area (Å²) in [5.41, 5.74) is 5.89. The van der Waals surface area contributed by atoms with Crippen molar-refractivity contribution in [2.45, 2.75) is 20.4 Å². The lowest BCUT2D eigenvalue weighted by atomic mass is 10.2. The molecular formula is C9H15ClN4OS. The first-order chi connectivity index (χ1) is 7.49. The molecule has 1 rings (SSSR count). The number of carbonyl (C=O) groups is 1. The molecule has 0 fully saturated rings. The third kappa shape index (κ3) is 4.42. The Hall–Kier alpha value is -0.720. The summed E-state index contributed by atoms with van der Waals surface area (Å²) in [5, 5.41) is 3.91. The van der Waals surface area contributed by atoms with Crippen LogP contribution in [0.2, 0.25) is 4.34 Å². The number of carbonyl (C=O) groups excluding carboxylic acids is 1. The minimum absolute atomic E-state index is 0.214. The lowest BCUT2D eigenvalue weighted by molar-refractivity contribution is -0.119. The number of amides is 1. The highest BCUT2D eigenvalue weighted by molar-refractivity contribution is 7.10. The quantitative estimate of drug-likeness (QED) is 0.834. The molecule has 5 nitrogen and oxygen atoms in total. The van der Waals surface area contributed by atoms with Gasteiger partial charge in [-0.05, 0) is 5.92 Å². The highest BCUT2D eigenvalue weighted by atomic mass is 35.5. The van der Waals surface area contributed by atoms with Crippen molar-refractivity contribution in [2.75, 3.05) is 13.1 Å². The molecule has 0 radical (unpaired) electrons. The van der Waals surface area contributed by atoms with Crippen LogP contribution in [0.5, 0.6) is 0 Å². The minimum atomic E-state index is -0.347. The summed E-state index contributed by atoms with van der Waals surface area (Å²) >= 11 is 7.05. The van der Waals surface area contributed by atoms with Gasteiger partial charge in [-0.15, -0.1) is 5.10 Å². The monoisotopic (exact) mass is 262 g/mol. The topological polar surface area (TPSA) is 72.1 Å². The predicted octanol–water partition coefficient (Wildman–Crippen LogP) is 1.13. The first-order valence-electron chi connectivity index (χ1n) is 4.96. The Labute approximate surface area is 104 Å². The first-order valence-corrected chi connectivity index (χ1v) is 6.11. The standard InChI is InChI=1S/C9H15ClN4OS/c1-6(2)3-14(5-8(11)15)4-7-9(10)16-13-12-7/h6H,3-5H2,1-2H3,(H2,11,15). The van der Waals surface area contributed by atoms with Crippen molar-refractivity contribution in [2.24, 2.45) is 11.7 Å². The van der Waals surface area contributed by atoms with Gasteiger partial charge in [0.05, 0.1) is 6.54 Å². The van der Waals surface area contributed by atoms with E-state index in [9.17, 15) is 4.79 Å². The Morgan fingerprint density at radius 1 is 1.62 bits per heavy atom. The van der Waals surface area contributed by atoms with Crippen molar-refractivity contribution in [3.8, 4) is 0 Å². The van der Waals surface area contributed by atoms with Gasteiger partial charge in [0, 0.05) is 24.6 Å². The van der Waals surface area contributed by atoms with E-state index in [1.54, 1.807) is 0 Å². The summed E-state index contributed by atoms with van der Waals surface area (Å²) in [6.07, 6.45) is 0. The van der Waals surface area contributed by atoms with Crippen molar-refractivity contribution in [3.05, 3.63) is 10.0 Å². The second-order valence-corrected chi connectivity index (χ2v) is 5.38. The van der Waals surface area contributed by atoms with E-state index in [0.29, 0.717) is 22.5 Å². The molecule has 2 N–H and O–H groups in total. The van der Waals surface area contributed by atoms with Gasteiger partial charge in [-0.1, -0.05) is 29.9 Å². The van der Waals surface area contributed by atoms with E-state index in [-0.39, 0.29) is 12.5 Å². The Morgan fingerprint density at radius 2 is 2.31 bits per heavy atom. The number of hydrogen-bond acceptors (Lipinski definition) is 5. The molecule has 1 heterocycles. The van der Waals surface area contributed by atoms with Crippen LogP contribution in [-0.4, -0.2) is 33.5 Å².